The van der Waals surface area contributed by atoms with Gasteiger partial charge in [-0.25, -0.2) is 0 Å². The fourth-order valence-corrected chi connectivity index (χ4v) is 6.53. The summed E-state index contributed by atoms with van der Waals surface area (Å²) in [7, 11) is 0. The zero-order valence-corrected chi connectivity index (χ0v) is 16.2. The lowest BCUT2D eigenvalue weighted by Crippen LogP contribution is -2.38. The van der Waals surface area contributed by atoms with E-state index < -0.39 is 5.41 Å². The van der Waals surface area contributed by atoms with E-state index in [0.29, 0.717) is 23.0 Å². The maximum atomic E-state index is 13.3. The van der Waals surface area contributed by atoms with Gasteiger partial charge in [0, 0.05) is 11.1 Å². The first-order chi connectivity index (χ1) is 14.2. The van der Waals surface area contributed by atoms with E-state index in [-0.39, 0.29) is 11.6 Å². The number of Topliss-reactive ketones (excluding diaryl/α,β-unsaturated/α-hetero) is 2. The average Bonchev–Trinajstić information content (AvgIpc) is 3.05. The fourth-order valence-electron chi connectivity index (χ4n) is 6.53. The first-order valence-electron chi connectivity index (χ1n) is 10.6. The average molecular weight is 378 g/mol. The quantitative estimate of drug-likeness (QED) is 0.471. The Labute approximate surface area is 170 Å². The summed E-state index contributed by atoms with van der Waals surface area (Å²) in [5.41, 5.74) is 5.46. The second-order valence-corrected chi connectivity index (χ2v) is 8.64. The summed E-state index contributed by atoms with van der Waals surface area (Å²) in [6.45, 7) is 0. The van der Waals surface area contributed by atoms with Crippen LogP contribution in [0.25, 0.3) is 0 Å². The maximum Gasteiger partial charge on any atom is 0.233 e. The van der Waals surface area contributed by atoms with Gasteiger partial charge in [0.2, 0.25) is 11.6 Å². The van der Waals surface area contributed by atoms with Gasteiger partial charge in [-0.05, 0) is 46.9 Å². The molecule has 3 aromatic rings. The Morgan fingerprint density at radius 3 is 1.79 bits per heavy atom. The smallest absolute Gasteiger partial charge is 0.233 e. The zero-order chi connectivity index (χ0) is 19.6. The summed E-state index contributed by atoms with van der Waals surface area (Å²) in [6.07, 6.45) is 4.73. The highest BCUT2D eigenvalue weighted by molar-refractivity contribution is 6.50. The summed E-state index contributed by atoms with van der Waals surface area (Å²) >= 11 is 0. The molecule has 0 aromatic heterocycles. The minimum absolute atomic E-state index is 0.370. The van der Waals surface area contributed by atoms with Crippen LogP contribution in [0.1, 0.15) is 74.6 Å². The molecule has 6 rings (SSSR count). The molecule has 29 heavy (non-hydrogen) atoms. The Hall–Kier alpha value is -3.00. The molecule has 1 unspecified atom stereocenters. The van der Waals surface area contributed by atoms with Crippen LogP contribution in [0.5, 0.6) is 0 Å². The van der Waals surface area contributed by atoms with E-state index in [9.17, 15) is 9.59 Å². The van der Waals surface area contributed by atoms with Crippen molar-refractivity contribution in [3.63, 3.8) is 0 Å². The first kappa shape index (κ1) is 16.9. The van der Waals surface area contributed by atoms with Crippen LogP contribution in [0.3, 0.4) is 0 Å². The fraction of sp³-hybridized carbons (Fsp3) is 0.259. The topological polar surface area (TPSA) is 34.1 Å². The van der Waals surface area contributed by atoms with E-state index in [1.54, 1.807) is 0 Å². The van der Waals surface area contributed by atoms with E-state index in [1.165, 1.54) is 30.4 Å². The second-order valence-electron chi connectivity index (χ2n) is 8.64. The zero-order valence-electron chi connectivity index (χ0n) is 16.2. The van der Waals surface area contributed by atoms with Gasteiger partial charge in [-0.1, -0.05) is 85.6 Å². The molecule has 1 fully saturated rings. The third kappa shape index (κ3) is 2.02. The molecule has 3 aliphatic carbocycles. The van der Waals surface area contributed by atoms with Crippen LogP contribution < -0.4 is 0 Å². The molecule has 0 aliphatic heterocycles. The lowest BCUT2D eigenvalue weighted by atomic mass is 9.60. The standard InChI is InChI=1S/C27H22O2/c28-25-19-11-3-7-15-23(19)27(24-16-8-4-12-20(24)26(25)29)21-13-5-1-9-17(21)18-10-2-6-14-22(18)27/h1,3-5,7-9,11-13,15-16,18,22H,2,6,10,14H2/t18-,22?/m1/s1. The molecule has 2 atom stereocenters. The predicted molar refractivity (Wildman–Crippen MR) is 113 cm³/mol. The van der Waals surface area contributed by atoms with Gasteiger partial charge >= 0.3 is 0 Å². The summed E-state index contributed by atoms with van der Waals surface area (Å²) in [5, 5.41) is 0. The summed E-state index contributed by atoms with van der Waals surface area (Å²) in [4.78, 5) is 26.5. The van der Waals surface area contributed by atoms with Crippen LogP contribution in [0, 0.1) is 5.92 Å². The summed E-state index contributed by atoms with van der Waals surface area (Å²) in [6, 6.07) is 24.4. The highest BCUT2D eigenvalue weighted by Crippen LogP contribution is 2.63. The van der Waals surface area contributed by atoms with Gasteiger partial charge in [0.1, 0.15) is 0 Å². The van der Waals surface area contributed by atoms with E-state index >= 15 is 0 Å². The number of hydrogen-bond acceptors (Lipinski definition) is 2. The van der Waals surface area contributed by atoms with Gasteiger partial charge in [0.25, 0.3) is 0 Å². The van der Waals surface area contributed by atoms with Gasteiger partial charge in [0.15, 0.2) is 0 Å². The molecule has 2 nitrogen and oxygen atoms in total. The first-order valence-corrected chi connectivity index (χ1v) is 10.6. The lowest BCUT2D eigenvalue weighted by Gasteiger charge is -2.42. The van der Waals surface area contributed by atoms with Crippen molar-refractivity contribution in [2.75, 3.05) is 0 Å². The van der Waals surface area contributed by atoms with Gasteiger partial charge in [0.05, 0.1) is 5.41 Å². The van der Waals surface area contributed by atoms with Crippen LogP contribution in [-0.4, -0.2) is 11.6 Å². The molecule has 3 aliphatic rings. The van der Waals surface area contributed by atoms with Crippen molar-refractivity contribution in [3.05, 3.63) is 106 Å². The molecule has 0 radical (unpaired) electrons. The van der Waals surface area contributed by atoms with Crippen molar-refractivity contribution in [2.45, 2.75) is 37.0 Å². The number of rotatable bonds is 0. The lowest BCUT2D eigenvalue weighted by molar-refractivity contribution is 0.0817. The maximum absolute atomic E-state index is 13.3. The Morgan fingerprint density at radius 2 is 1.14 bits per heavy atom. The van der Waals surface area contributed by atoms with Crippen molar-refractivity contribution >= 4 is 11.6 Å². The number of carbonyl (C=O) groups is 2. The molecular weight excluding hydrogens is 356 g/mol. The van der Waals surface area contributed by atoms with Crippen molar-refractivity contribution < 1.29 is 9.59 Å². The van der Waals surface area contributed by atoms with E-state index in [0.717, 1.165) is 17.5 Å². The second kappa shape index (κ2) is 6.00. The normalized spacial score (nSPS) is 23.7. The molecule has 1 spiro atoms. The highest BCUT2D eigenvalue weighted by Gasteiger charge is 2.57. The van der Waals surface area contributed by atoms with Crippen LogP contribution >= 0.6 is 0 Å². The molecular formula is C27H22O2. The largest absolute Gasteiger partial charge is 0.285 e. The number of hydrogen-bond donors (Lipinski definition) is 0. The third-order valence-corrected chi connectivity index (χ3v) is 7.51. The molecule has 0 saturated heterocycles. The molecule has 0 bridgehead atoms. The van der Waals surface area contributed by atoms with E-state index in [1.807, 2.05) is 36.4 Å². The summed E-state index contributed by atoms with van der Waals surface area (Å²) < 4.78 is 0. The van der Waals surface area contributed by atoms with Crippen LogP contribution in [-0.2, 0) is 5.41 Å². The van der Waals surface area contributed by atoms with Crippen LogP contribution in [0.4, 0.5) is 0 Å². The number of ketones is 2. The number of fused-ring (bicyclic) bond motifs is 9. The highest BCUT2D eigenvalue weighted by atomic mass is 16.2. The van der Waals surface area contributed by atoms with E-state index in [4.69, 9.17) is 0 Å². The Kier molecular flexibility index (Phi) is 3.50. The van der Waals surface area contributed by atoms with Crippen molar-refractivity contribution in [1.82, 2.24) is 0 Å². The summed E-state index contributed by atoms with van der Waals surface area (Å²) in [5.74, 6) is 0.0994. The molecule has 0 N–H and O–H groups in total. The molecule has 2 heteroatoms. The Balaban J connectivity index is 1.82. The van der Waals surface area contributed by atoms with Gasteiger partial charge in [-0.3, -0.25) is 9.59 Å². The molecule has 0 amide bonds. The van der Waals surface area contributed by atoms with Gasteiger partial charge in [-0.2, -0.15) is 0 Å². The van der Waals surface area contributed by atoms with E-state index in [2.05, 4.69) is 36.4 Å². The third-order valence-electron chi connectivity index (χ3n) is 7.51. The molecule has 142 valence electrons. The molecule has 3 aromatic carbocycles. The minimum atomic E-state index is -0.434. The van der Waals surface area contributed by atoms with Crippen LogP contribution in [0.15, 0.2) is 72.8 Å². The van der Waals surface area contributed by atoms with Gasteiger partial charge in [-0.15, -0.1) is 0 Å². The number of carbonyl (C=O) groups excluding carboxylic acids is 2. The van der Waals surface area contributed by atoms with Crippen LogP contribution in [0.2, 0.25) is 0 Å². The van der Waals surface area contributed by atoms with Crippen molar-refractivity contribution in [1.29, 1.82) is 0 Å². The SMILES string of the molecule is O=C1C(=O)c2ccccc2C2(c3ccccc31)c1ccccc1[C@H]1CCCCC12. The van der Waals surface area contributed by atoms with Crippen molar-refractivity contribution in [2.24, 2.45) is 5.92 Å². The predicted octanol–water partition coefficient (Wildman–Crippen LogP) is 5.69. The Bertz CT molecular complexity index is 1110. The minimum Gasteiger partial charge on any atom is -0.285 e. The van der Waals surface area contributed by atoms with Gasteiger partial charge < -0.3 is 0 Å². The Morgan fingerprint density at radius 1 is 0.621 bits per heavy atom. The van der Waals surface area contributed by atoms with Crippen molar-refractivity contribution in [3.8, 4) is 0 Å². The number of benzene rings is 3. The monoisotopic (exact) mass is 378 g/mol. The molecule has 1 saturated carbocycles. The molecule has 0 heterocycles.